The highest BCUT2D eigenvalue weighted by Gasteiger charge is 2.29. The predicted molar refractivity (Wildman–Crippen MR) is 67.5 cm³/mol. The number of rotatable bonds is 2. The van der Waals surface area contributed by atoms with Crippen LogP contribution in [-0.2, 0) is 0 Å². The molecule has 1 aliphatic rings. The first-order chi connectivity index (χ1) is 7.59. The Morgan fingerprint density at radius 1 is 1.44 bits per heavy atom. The minimum atomic E-state index is -0.226. The van der Waals surface area contributed by atoms with E-state index in [1.165, 1.54) is 25.3 Å². The summed E-state index contributed by atoms with van der Waals surface area (Å²) in [6.07, 6.45) is 3.72. The van der Waals surface area contributed by atoms with Gasteiger partial charge in [0.1, 0.15) is 5.82 Å². The van der Waals surface area contributed by atoms with Gasteiger partial charge in [-0.1, -0.05) is 25.8 Å². The third-order valence-electron chi connectivity index (χ3n) is 3.72. The highest BCUT2D eigenvalue weighted by molar-refractivity contribution is 9.10. The molecule has 0 amide bonds. The second-order valence-electron chi connectivity index (χ2n) is 4.77. The van der Waals surface area contributed by atoms with Gasteiger partial charge < -0.3 is 5.73 Å². The van der Waals surface area contributed by atoms with E-state index < -0.39 is 0 Å². The largest absolute Gasteiger partial charge is 0.324 e. The summed E-state index contributed by atoms with van der Waals surface area (Å²) in [5.41, 5.74) is 7.30. The van der Waals surface area contributed by atoms with E-state index in [9.17, 15) is 4.39 Å². The van der Waals surface area contributed by atoms with E-state index in [0.717, 1.165) is 5.56 Å². The van der Waals surface area contributed by atoms with Crippen molar-refractivity contribution in [3.63, 3.8) is 0 Å². The van der Waals surface area contributed by atoms with Gasteiger partial charge in [-0.05, 0) is 51.9 Å². The van der Waals surface area contributed by atoms with E-state index in [1.54, 1.807) is 6.07 Å². The zero-order chi connectivity index (χ0) is 11.7. The van der Waals surface area contributed by atoms with E-state index in [0.29, 0.717) is 16.3 Å². The van der Waals surface area contributed by atoms with Crippen LogP contribution in [0.5, 0.6) is 0 Å². The van der Waals surface area contributed by atoms with Crippen LogP contribution in [0.25, 0.3) is 0 Å². The first-order valence-corrected chi connectivity index (χ1v) is 6.59. The molecule has 2 rings (SSSR count). The summed E-state index contributed by atoms with van der Waals surface area (Å²) in [4.78, 5) is 0. The molecule has 0 aliphatic heterocycles. The molecule has 1 saturated carbocycles. The normalized spacial score (nSPS) is 27.0. The number of nitrogens with two attached hydrogens (primary N) is 1. The topological polar surface area (TPSA) is 26.0 Å². The lowest BCUT2D eigenvalue weighted by atomic mass is 9.86. The van der Waals surface area contributed by atoms with Crippen LogP contribution in [0.3, 0.4) is 0 Å². The van der Waals surface area contributed by atoms with Gasteiger partial charge in [-0.25, -0.2) is 4.39 Å². The summed E-state index contributed by atoms with van der Waals surface area (Å²) >= 11 is 3.21. The van der Waals surface area contributed by atoms with Crippen LogP contribution < -0.4 is 5.73 Å². The van der Waals surface area contributed by atoms with Crippen LogP contribution in [0.15, 0.2) is 22.7 Å². The first kappa shape index (κ1) is 12.1. The number of halogens is 2. The lowest BCUT2D eigenvalue weighted by Gasteiger charge is -2.23. The van der Waals surface area contributed by atoms with Gasteiger partial charge in [0.05, 0.1) is 4.47 Å². The standard InChI is InChI=1S/C13H17BrFN/c1-8-3-2-4-10(8)13(16)9-5-6-12(15)11(14)7-9/h5-8,10,13H,2-4,16H2,1H3. The molecule has 2 N–H and O–H groups in total. The average molecular weight is 286 g/mol. The van der Waals surface area contributed by atoms with E-state index >= 15 is 0 Å². The maximum absolute atomic E-state index is 13.1. The third-order valence-corrected chi connectivity index (χ3v) is 4.33. The van der Waals surface area contributed by atoms with Crippen LogP contribution in [-0.4, -0.2) is 0 Å². The molecule has 0 bridgehead atoms. The van der Waals surface area contributed by atoms with Crippen molar-refractivity contribution in [2.75, 3.05) is 0 Å². The van der Waals surface area contributed by atoms with Gasteiger partial charge in [0, 0.05) is 6.04 Å². The fourth-order valence-corrected chi connectivity index (χ4v) is 3.07. The summed E-state index contributed by atoms with van der Waals surface area (Å²) in [7, 11) is 0. The van der Waals surface area contributed by atoms with E-state index in [4.69, 9.17) is 5.73 Å². The van der Waals surface area contributed by atoms with Crippen molar-refractivity contribution in [2.45, 2.75) is 32.2 Å². The molecule has 1 fully saturated rings. The van der Waals surface area contributed by atoms with Gasteiger partial charge in [0.25, 0.3) is 0 Å². The molecule has 0 saturated heterocycles. The Morgan fingerprint density at radius 2 is 2.19 bits per heavy atom. The van der Waals surface area contributed by atoms with E-state index in [-0.39, 0.29) is 11.9 Å². The van der Waals surface area contributed by atoms with Crippen LogP contribution in [0.2, 0.25) is 0 Å². The van der Waals surface area contributed by atoms with Crippen LogP contribution >= 0.6 is 15.9 Å². The van der Waals surface area contributed by atoms with Gasteiger partial charge in [0.2, 0.25) is 0 Å². The van der Waals surface area contributed by atoms with Crippen LogP contribution in [0.4, 0.5) is 4.39 Å². The van der Waals surface area contributed by atoms with Gasteiger partial charge >= 0.3 is 0 Å². The Hall–Kier alpha value is -0.410. The fraction of sp³-hybridized carbons (Fsp3) is 0.538. The lowest BCUT2D eigenvalue weighted by Crippen LogP contribution is -2.23. The molecule has 3 unspecified atom stereocenters. The molecule has 1 aromatic rings. The number of benzene rings is 1. The van der Waals surface area contributed by atoms with Gasteiger partial charge in [-0.2, -0.15) is 0 Å². The number of hydrogen-bond donors (Lipinski definition) is 1. The van der Waals surface area contributed by atoms with Gasteiger partial charge in [0.15, 0.2) is 0 Å². The fourth-order valence-electron chi connectivity index (χ4n) is 2.67. The first-order valence-electron chi connectivity index (χ1n) is 5.80. The molecular weight excluding hydrogens is 269 g/mol. The Balaban J connectivity index is 2.20. The van der Waals surface area contributed by atoms with Gasteiger partial charge in [-0.3, -0.25) is 0 Å². The molecule has 1 aliphatic carbocycles. The molecule has 1 nitrogen and oxygen atoms in total. The van der Waals surface area contributed by atoms with E-state index in [2.05, 4.69) is 22.9 Å². The minimum Gasteiger partial charge on any atom is -0.324 e. The van der Waals surface area contributed by atoms with Crippen molar-refractivity contribution in [2.24, 2.45) is 17.6 Å². The molecule has 88 valence electrons. The summed E-state index contributed by atoms with van der Waals surface area (Å²) in [6, 6.07) is 5.13. The Labute approximate surface area is 104 Å². The molecule has 0 aromatic heterocycles. The van der Waals surface area contributed by atoms with Crippen molar-refractivity contribution >= 4 is 15.9 Å². The minimum absolute atomic E-state index is 0.0365. The smallest absolute Gasteiger partial charge is 0.137 e. The lowest BCUT2D eigenvalue weighted by molar-refractivity contribution is 0.351. The Morgan fingerprint density at radius 3 is 2.75 bits per heavy atom. The van der Waals surface area contributed by atoms with Crippen molar-refractivity contribution < 1.29 is 4.39 Å². The number of hydrogen-bond acceptors (Lipinski definition) is 1. The summed E-state index contributed by atoms with van der Waals surface area (Å²) in [6.45, 7) is 2.26. The highest BCUT2D eigenvalue weighted by Crippen LogP contribution is 2.39. The summed E-state index contributed by atoms with van der Waals surface area (Å²) in [5, 5.41) is 0. The molecule has 0 heterocycles. The van der Waals surface area contributed by atoms with Crippen molar-refractivity contribution in [3.05, 3.63) is 34.1 Å². The second kappa shape index (κ2) is 4.84. The van der Waals surface area contributed by atoms with Crippen LogP contribution in [0.1, 0.15) is 37.8 Å². The van der Waals surface area contributed by atoms with E-state index in [1.807, 2.05) is 6.07 Å². The quantitative estimate of drug-likeness (QED) is 0.873. The zero-order valence-corrected chi connectivity index (χ0v) is 11.0. The highest BCUT2D eigenvalue weighted by atomic mass is 79.9. The van der Waals surface area contributed by atoms with Crippen molar-refractivity contribution in [3.8, 4) is 0 Å². The maximum Gasteiger partial charge on any atom is 0.137 e. The molecular formula is C13H17BrFN. The monoisotopic (exact) mass is 285 g/mol. The molecule has 16 heavy (non-hydrogen) atoms. The molecule has 0 spiro atoms. The Kier molecular flexibility index (Phi) is 3.65. The summed E-state index contributed by atoms with van der Waals surface area (Å²) in [5.74, 6) is 0.992. The van der Waals surface area contributed by atoms with Crippen LogP contribution in [0, 0.1) is 17.7 Å². The Bertz CT molecular complexity index is 380. The molecule has 3 atom stereocenters. The van der Waals surface area contributed by atoms with Gasteiger partial charge in [-0.15, -0.1) is 0 Å². The maximum atomic E-state index is 13.1. The SMILES string of the molecule is CC1CCCC1C(N)c1ccc(F)c(Br)c1. The van der Waals surface area contributed by atoms with Crippen molar-refractivity contribution in [1.29, 1.82) is 0 Å². The zero-order valence-electron chi connectivity index (χ0n) is 9.42. The van der Waals surface area contributed by atoms with Crippen molar-refractivity contribution in [1.82, 2.24) is 0 Å². The second-order valence-corrected chi connectivity index (χ2v) is 5.63. The molecule has 1 aromatic carbocycles. The third kappa shape index (κ3) is 2.30. The molecule has 0 radical (unpaired) electrons. The molecule has 3 heteroatoms. The summed E-state index contributed by atoms with van der Waals surface area (Å²) < 4.78 is 13.6. The predicted octanol–water partition coefficient (Wildman–Crippen LogP) is 4.02. The average Bonchev–Trinajstić information content (AvgIpc) is 2.67.